The fourth-order valence-electron chi connectivity index (χ4n) is 2.91. The van der Waals surface area contributed by atoms with E-state index in [0.717, 1.165) is 4.68 Å². The van der Waals surface area contributed by atoms with Crippen LogP contribution in [0.1, 0.15) is 16.1 Å². The quantitative estimate of drug-likeness (QED) is 0.537. The molecule has 0 atom stereocenters. The normalized spacial score (nSPS) is 11.9. The number of halogens is 1. The maximum atomic E-state index is 13.9. The Balaban J connectivity index is 1.78. The number of aromatic nitrogens is 3. The third-order valence-corrected chi connectivity index (χ3v) is 5.11. The van der Waals surface area contributed by atoms with Gasteiger partial charge in [-0.15, -0.1) is 11.3 Å². The maximum absolute atomic E-state index is 13.9. The van der Waals surface area contributed by atoms with Gasteiger partial charge in [0.2, 0.25) is 0 Å². The van der Waals surface area contributed by atoms with Crippen LogP contribution in [0.3, 0.4) is 0 Å². The summed E-state index contributed by atoms with van der Waals surface area (Å²) in [5.41, 5.74) is 0.321. The van der Waals surface area contributed by atoms with Crippen molar-refractivity contribution in [3.63, 3.8) is 0 Å². The second-order valence-electron chi connectivity index (χ2n) is 6.14. The predicted octanol–water partition coefficient (Wildman–Crippen LogP) is 2.73. The van der Waals surface area contributed by atoms with E-state index in [4.69, 9.17) is 0 Å². The highest BCUT2D eigenvalue weighted by Crippen LogP contribution is 2.14. The monoisotopic (exact) mass is 394 g/mol. The van der Waals surface area contributed by atoms with Gasteiger partial charge in [-0.05, 0) is 12.1 Å². The molecule has 0 N–H and O–H groups in total. The molecule has 0 unspecified atom stereocenters. The van der Waals surface area contributed by atoms with E-state index in [2.05, 4.69) is 10.1 Å². The van der Waals surface area contributed by atoms with Gasteiger partial charge in [-0.1, -0.05) is 36.4 Å². The van der Waals surface area contributed by atoms with Crippen LogP contribution in [0.25, 0.3) is 10.8 Å². The molecule has 0 saturated heterocycles. The summed E-state index contributed by atoms with van der Waals surface area (Å²) >= 11 is 1.27. The molecule has 2 aromatic heterocycles. The first kappa shape index (κ1) is 18.0. The number of hydrogen-bond acceptors (Lipinski definition) is 4. The van der Waals surface area contributed by atoms with Gasteiger partial charge in [0.15, 0.2) is 10.5 Å². The van der Waals surface area contributed by atoms with E-state index >= 15 is 0 Å². The summed E-state index contributed by atoms with van der Waals surface area (Å²) in [7, 11) is 1.50. The lowest BCUT2D eigenvalue weighted by atomic mass is 10.1. The lowest BCUT2D eigenvalue weighted by Gasteiger charge is -2.06. The zero-order valence-electron chi connectivity index (χ0n) is 14.9. The molecule has 0 aliphatic carbocycles. The number of rotatable bonds is 3. The summed E-state index contributed by atoms with van der Waals surface area (Å²) < 4.78 is 16.8. The smallest absolute Gasteiger partial charge is 0.300 e. The summed E-state index contributed by atoms with van der Waals surface area (Å²) in [5.74, 6) is -0.874. The van der Waals surface area contributed by atoms with E-state index in [1.54, 1.807) is 58.6 Å². The maximum Gasteiger partial charge on any atom is 0.300 e. The van der Waals surface area contributed by atoms with Crippen molar-refractivity contribution in [3.05, 3.63) is 92.3 Å². The summed E-state index contributed by atoms with van der Waals surface area (Å²) in [6.45, 7) is 0.254. The summed E-state index contributed by atoms with van der Waals surface area (Å²) in [5, 5.41) is 6.74. The Hall–Kier alpha value is -3.39. The standard InChI is InChI=1S/C20H15FN4O2S/c1-24-19(27)15-8-4-3-7-14(15)17(23-24)18(26)22-20-25(10-11-28-20)12-13-6-2-5-9-16(13)21/h2-11H,12H2,1H3. The first-order valence-corrected chi connectivity index (χ1v) is 9.35. The minimum absolute atomic E-state index is 0.101. The van der Waals surface area contributed by atoms with Crippen molar-refractivity contribution in [3.8, 4) is 0 Å². The Morgan fingerprint density at radius 1 is 1.14 bits per heavy atom. The lowest BCUT2D eigenvalue weighted by molar-refractivity contribution is 0.0993. The molecule has 0 radical (unpaired) electrons. The van der Waals surface area contributed by atoms with Crippen LogP contribution in [0.15, 0.2) is 69.9 Å². The Morgan fingerprint density at radius 3 is 2.64 bits per heavy atom. The fraction of sp³-hybridized carbons (Fsp3) is 0.100. The topological polar surface area (TPSA) is 69.2 Å². The highest BCUT2D eigenvalue weighted by Gasteiger charge is 2.15. The van der Waals surface area contributed by atoms with Crippen molar-refractivity contribution in [2.24, 2.45) is 12.0 Å². The van der Waals surface area contributed by atoms with Crippen LogP contribution in [-0.4, -0.2) is 20.3 Å². The van der Waals surface area contributed by atoms with Gasteiger partial charge in [0, 0.05) is 29.6 Å². The molecule has 28 heavy (non-hydrogen) atoms. The van der Waals surface area contributed by atoms with E-state index < -0.39 is 5.91 Å². The minimum atomic E-state index is -0.559. The first-order chi connectivity index (χ1) is 13.5. The number of thiazole rings is 1. The van der Waals surface area contributed by atoms with Gasteiger partial charge < -0.3 is 4.57 Å². The zero-order valence-corrected chi connectivity index (χ0v) is 15.7. The molecule has 1 amide bonds. The molecule has 0 saturated carbocycles. The Labute approximate surface area is 162 Å². The summed E-state index contributed by atoms with van der Waals surface area (Å²) in [6.07, 6.45) is 1.75. The predicted molar refractivity (Wildman–Crippen MR) is 105 cm³/mol. The van der Waals surface area contributed by atoms with Crippen LogP contribution in [0.5, 0.6) is 0 Å². The second kappa shape index (κ2) is 7.32. The molecular weight excluding hydrogens is 379 g/mol. The van der Waals surface area contributed by atoms with Crippen molar-refractivity contribution >= 4 is 28.0 Å². The number of fused-ring (bicyclic) bond motifs is 1. The van der Waals surface area contributed by atoms with E-state index in [9.17, 15) is 14.0 Å². The van der Waals surface area contributed by atoms with Gasteiger partial charge >= 0.3 is 5.91 Å². The molecule has 8 heteroatoms. The Kier molecular flexibility index (Phi) is 4.70. The molecule has 2 aromatic carbocycles. The highest BCUT2D eigenvalue weighted by atomic mass is 32.1. The lowest BCUT2D eigenvalue weighted by Crippen LogP contribution is -2.24. The third kappa shape index (κ3) is 3.29. The fourth-order valence-corrected chi connectivity index (χ4v) is 3.64. The van der Waals surface area contributed by atoms with Crippen molar-refractivity contribution in [1.29, 1.82) is 0 Å². The second-order valence-corrected chi connectivity index (χ2v) is 7.02. The summed E-state index contributed by atoms with van der Waals surface area (Å²) in [4.78, 5) is 29.7. The SMILES string of the molecule is Cn1nc(C(=O)N=c2sccn2Cc2ccccc2F)c2ccccc2c1=O. The molecule has 0 fully saturated rings. The third-order valence-electron chi connectivity index (χ3n) is 4.31. The molecule has 140 valence electrons. The largest absolute Gasteiger partial charge is 0.319 e. The van der Waals surface area contributed by atoms with Crippen molar-refractivity contribution in [2.45, 2.75) is 6.54 Å². The van der Waals surface area contributed by atoms with Crippen LogP contribution in [0.4, 0.5) is 4.39 Å². The molecule has 4 rings (SSSR count). The number of aryl methyl sites for hydroxylation is 1. The number of amides is 1. The van der Waals surface area contributed by atoms with Crippen LogP contribution in [0, 0.1) is 5.82 Å². The van der Waals surface area contributed by atoms with E-state index in [0.29, 0.717) is 21.1 Å². The van der Waals surface area contributed by atoms with Gasteiger partial charge in [-0.3, -0.25) is 9.59 Å². The van der Waals surface area contributed by atoms with Crippen LogP contribution < -0.4 is 10.4 Å². The Bertz CT molecular complexity index is 1320. The van der Waals surface area contributed by atoms with Crippen molar-refractivity contribution < 1.29 is 9.18 Å². The van der Waals surface area contributed by atoms with E-state index in [-0.39, 0.29) is 23.6 Å². The molecule has 6 nitrogen and oxygen atoms in total. The van der Waals surface area contributed by atoms with E-state index in [1.165, 1.54) is 24.5 Å². The van der Waals surface area contributed by atoms with Crippen LogP contribution in [-0.2, 0) is 13.6 Å². The van der Waals surface area contributed by atoms with Gasteiger partial charge in [0.25, 0.3) is 5.56 Å². The molecular formula is C20H15FN4O2S. The molecule has 2 heterocycles. The molecule has 0 aliphatic rings. The number of carbonyl (C=O) groups is 1. The van der Waals surface area contributed by atoms with Crippen molar-refractivity contribution in [1.82, 2.24) is 14.3 Å². The number of benzene rings is 2. The van der Waals surface area contributed by atoms with Crippen LogP contribution in [0.2, 0.25) is 0 Å². The molecule has 0 bridgehead atoms. The zero-order chi connectivity index (χ0) is 19.7. The first-order valence-electron chi connectivity index (χ1n) is 8.47. The minimum Gasteiger partial charge on any atom is -0.319 e. The van der Waals surface area contributed by atoms with Gasteiger partial charge in [0.05, 0.1) is 11.9 Å². The molecule has 0 spiro atoms. The average Bonchev–Trinajstić information content (AvgIpc) is 3.13. The summed E-state index contributed by atoms with van der Waals surface area (Å²) in [6, 6.07) is 13.3. The Morgan fingerprint density at radius 2 is 1.86 bits per heavy atom. The number of hydrogen-bond donors (Lipinski definition) is 0. The number of carbonyl (C=O) groups excluding carboxylic acids is 1. The van der Waals surface area contributed by atoms with Crippen molar-refractivity contribution in [2.75, 3.05) is 0 Å². The van der Waals surface area contributed by atoms with Crippen LogP contribution >= 0.6 is 11.3 Å². The highest BCUT2D eigenvalue weighted by molar-refractivity contribution is 7.07. The molecule has 4 aromatic rings. The number of nitrogens with zero attached hydrogens (tertiary/aromatic N) is 4. The van der Waals surface area contributed by atoms with Gasteiger partial charge in [-0.25, -0.2) is 9.07 Å². The van der Waals surface area contributed by atoms with Gasteiger partial charge in [-0.2, -0.15) is 10.1 Å². The van der Waals surface area contributed by atoms with E-state index in [1.807, 2.05) is 0 Å². The molecule has 0 aliphatic heterocycles. The van der Waals surface area contributed by atoms with Gasteiger partial charge in [0.1, 0.15) is 5.82 Å². The average molecular weight is 394 g/mol.